The van der Waals surface area contributed by atoms with Gasteiger partial charge in [-0.2, -0.15) is 0 Å². The van der Waals surface area contributed by atoms with Crippen LogP contribution in [0, 0.1) is 0 Å². The molecule has 0 spiro atoms. The minimum Gasteiger partial charge on any atom is -0.382 e. The average Bonchev–Trinajstić information content (AvgIpc) is 2.84. The summed E-state index contributed by atoms with van der Waals surface area (Å²) in [5.41, 5.74) is 3.86. The molecule has 7 heteroatoms. The maximum absolute atomic E-state index is 12.7. The molecule has 0 saturated heterocycles. The number of Topliss-reactive ketones (excluding diaryl/α,β-unsaturated/α-hetero) is 1. The van der Waals surface area contributed by atoms with Crippen molar-refractivity contribution in [3.05, 3.63) is 98.7 Å². The predicted octanol–water partition coefficient (Wildman–Crippen LogP) is 5.39. The van der Waals surface area contributed by atoms with Crippen LogP contribution >= 0.6 is 15.9 Å². The SMILES string of the molecule is CC(=O)c1c[nH]c2ccc(NC[C@H](C)NC(=O)c3ccc(-c4ccccc4)cc3)c(Br)c2c1=O. The Bertz CT molecular complexity index is 1410. The van der Waals surface area contributed by atoms with Crippen molar-refractivity contribution in [3.63, 3.8) is 0 Å². The van der Waals surface area contributed by atoms with Crippen LogP contribution in [-0.2, 0) is 0 Å². The van der Waals surface area contributed by atoms with E-state index in [1.807, 2.05) is 67.6 Å². The number of benzene rings is 3. The highest BCUT2D eigenvalue weighted by atomic mass is 79.9. The van der Waals surface area contributed by atoms with Crippen molar-refractivity contribution in [2.45, 2.75) is 19.9 Å². The zero-order chi connectivity index (χ0) is 24.2. The van der Waals surface area contributed by atoms with Crippen molar-refractivity contribution in [2.24, 2.45) is 0 Å². The fourth-order valence-electron chi connectivity index (χ4n) is 3.73. The molecule has 6 nitrogen and oxygen atoms in total. The number of carbonyl (C=O) groups excluding carboxylic acids is 2. The first-order chi connectivity index (χ1) is 16.3. The molecule has 1 heterocycles. The fraction of sp³-hybridized carbons (Fsp3) is 0.148. The molecule has 1 atom stereocenters. The van der Waals surface area contributed by atoms with Crippen molar-refractivity contribution in [1.82, 2.24) is 10.3 Å². The van der Waals surface area contributed by atoms with Crippen LogP contribution in [0.3, 0.4) is 0 Å². The van der Waals surface area contributed by atoms with E-state index in [4.69, 9.17) is 0 Å². The lowest BCUT2D eigenvalue weighted by atomic mass is 10.0. The van der Waals surface area contributed by atoms with E-state index in [2.05, 4.69) is 31.5 Å². The lowest BCUT2D eigenvalue weighted by molar-refractivity contribution is 0.0941. The van der Waals surface area contributed by atoms with E-state index in [1.54, 1.807) is 6.07 Å². The minimum atomic E-state index is -0.322. The van der Waals surface area contributed by atoms with Crippen LogP contribution in [0.4, 0.5) is 5.69 Å². The lowest BCUT2D eigenvalue weighted by Crippen LogP contribution is -2.37. The topological polar surface area (TPSA) is 91.1 Å². The van der Waals surface area contributed by atoms with Crippen molar-refractivity contribution < 1.29 is 9.59 Å². The first-order valence-electron chi connectivity index (χ1n) is 10.9. The van der Waals surface area contributed by atoms with Crippen LogP contribution < -0.4 is 16.1 Å². The van der Waals surface area contributed by atoms with Gasteiger partial charge in [0.25, 0.3) is 5.91 Å². The van der Waals surface area contributed by atoms with Crippen LogP contribution in [-0.4, -0.2) is 29.3 Å². The number of halogens is 1. The van der Waals surface area contributed by atoms with E-state index in [0.717, 1.165) is 11.1 Å². The Hall–Kier alpha value is -3.71. The third-order valence-corrected chi connectivity index (χ3v) is 6.42. The van der Waals surface area contributed by atoms with Crippen molar-refractivity contribution in [2.75, 3.05) is 11.9 Å². The Morgan fingerprint density at radius 3 is 2.32 bits per heavy atom. The van der Waals surface area contributed by atoms with Gasteiger partial charge in [-0.25, -0.2) is 0 Å². The van der Waals surface area contributed by atoms with E-state index in [1.165, 1.54) is 13.1 Å². The molecule has 172 valence electrons. The van der Waals surface area contributed by atoms with E-state index >= 15 is 0 Å². The number of anilines is 1. The third kappa shape index (κ3) is 4.94. The number of hydrogen-bond donors (Lipinski definition) is 3. The number of carbonyl (C=O) groups is 2. The van der Waals surface area contributed by atoms with Gasteiger partial charge in [-0.15, -0.1) is 0 Å². The summed E-state index contributed by atoms with van der Waals surface area (Å²) in [4.78, 5) is 40.2. The molecule has 0 bridgehead atoms. The molecule has 0 saturated carbocycles. The Morgan fingerprint density at radius 1 is 0.971 bits per heavy atom. The Kier molecular flexibility index (Phi) is 6.93. The molecule has 0 aliphatic heterocycles. The molecule has 0 fully saturated rings. The van der Waals surface area contributed by atoms with Crippen LogP contribution in [0.25, 0.3) is 22.0 Å². The number of H-pyrrole nitrogens is 1. The number of fused-ring (bicyclic) bond motifs is 1. The summed E-state index contributed by atoms with van der Waals surface area (Å²) in [6.45, 7) is 3.72. The van der Waals surface area contributed by atoms with Crippen LogP contribution in [0.1, 0.15) is 34.6 Å². The standard InChI is InChI=1S/C27H24BrN3O3/c1-16(31-27(34)20-10-8-19(9-11-20)18-6-4-3-5-7-18)14-29-23-13-12-22-24(25(23)28)26(33)21(15-30-22)17(2)32/h3-13,15-16,29H,14H2,1-2H3,(H,30,33)(H,31,34)/t16-/m0/s1. The summed E-state index contributed by atoms with van der Waals surface area (Å²) in [7, 11) is 0. The Morgan fingerprint density at radius 2 is 1.65 bits per heavy atom. The van der Waals surface area contributed by atoms with Gasteiger partial charge in [0.1, 0.15) is 0 Å². The normalized spacial score (nSPS) is 11.7. The maximum atomic E-state index is 12.7. The van der Waals surface area contributed by atoms with Gasteiger partial charge in [0, 0.05) is 30.0 Å². The number of ketones is 1. The number of hydrogen-bond acceptors (Lipinski definition) is 4. The monoisotopic (exact) mass is 517 g/mol. The number of rotatable bonds is 7. The second-order valence-electron chi connectivity index (χ2n) is 8.14. The molecular weight excluding hydrogens is 494 g/mol. The molecule has 1 amide bonds. The number of nitrogens with one attached hydrogen (secondary N) is 3. The van der Waals surface area contributed by atoms with Crippen molar-refractivity contribution >= 4 is 44.2 Å². The molecule has 0 aliphatic carbocycles. The highest BCUT2D eigenvalue weighted by Crippen LogP contribution is 2.29. The molecule has 0 radical (unpaired) electrons. The summed E-state index contributed by atoms with van der Waals surface area (Å²) in [5.74, 6) is -0.449. The zero-order valence-corrected chi connectivity index (χ0v) is 20.4. The first kappa shape index (κ1) is 23.4. The van der Waals surface area contributed by atoms with Crippen LogP contribution in [0.15, 0.2) is 82.2 Å². The molecule has 4 rings (SSSR count). The number of aromatic nitrogens is 1. The van der Waals surface area contributed by atoms with E-state index in [-0.39, 0.29) is 28.7 Å². The molecule has 1 aromatic heterocycles. The zero-order valence-electron chi connectivity index (χ0n) is 18.8. The Balaban J connectivity index is 1.42. The predicted molar refractivity (Wildman–Crippen MR) is 140 cm³/mol. The number of pyridine rings is 1. The summed E-state index contributed by atoms with van der Waals surface area (Å²) < 4.78 is 0.573. The summed E-state index contributed by atoms with van der Waals surface area (Å²) in [5, 5.41) is 6.67. The molecule has 0 unspecified atom stereocenters. The number of aromatic amines is 1. The van der Waals surface area contributed by atoms with Gasteiger partial charge >= 0.3 is 0 Å². The highest BCUT2D eigenvalue weighted by Gasteiger charge is 2.15. The number of amides is 1. The fourth-order valence-corrected chi connectivity index (χ4v) is 4.40. The smallest absolute Gasteiger partial charge is 0.251 e. The van der Waals surface area contributed by atoms with Gasteiger partial charge in [0.15, 0.2) is 5.78 Å². The van der Waals surface area contributed by atoms with Crippen molar-refractivity contribution in [3.8, 4) is 11.1 Å². The molecule has 4 aromatic rings. The van der Waals surface area contributed by atoms with Crippen LogP contribution in [0.2, 0.25) is 0 Å². The molecule has 0 aliphatic rings. The van der Waals surface area contributed by atoms with Gasteiger partial charge in [0.05, 0.1) is 20.9 Å². The minimum absolute atomic E-state index is 0.115. The Labute approximate surface area is 205 Å². The second-order valence-corrected chi connectivity index (χ2v) is 8.93. The van der Waals surface area contributed by atoms with E-state index in [9.17, 15) is 14.4 Å². The lowest BCUT2D eigenvalue weighted by Gasteiger charge is -2.17. The maximum Gasteiger partial charge on any atom is 0.251 e. The van der Waals surface area contributed by atoms with Gasteiger partial charge in [-0.3, -0.25) is 14.4 Å². The van der Waals surface area contributed by atoms with Crippen molar-refractivity contribution in [1.29, 1.82) is 0 Å². The van der Waals surface area contributed by atoms with Crippen LogP contribution in [0.5, 0.6) is 0 Å². The van der Waals surface area contributed by atoms with E-state index < -0.39 is 0 Å². The first-order valence-corrected chi connectivity index (χ1v) is 11.7. The molecule has 34 heavy (non-hydrogen) atoms. The average molecular weight is 518 g/mol. The van der Waals surface area contributed by atoms with Gasteiger partial charge < -0.3 is 15.6 Å². The van der Waals surface area contributed by atoms with Gasteiger partial charge in [-0.1, -0.05) is 42.5 Å². The summed E-state index contributed by atoms with van der Waals surface area (Å²) in [6.07, 6.45) is 1.44. The summed E-state index contributed by atoms with van der Waals surface area (Å²) in [6, 6.07) is 21.0. The third-order valence-electron chi connectivity index (χ3n) is 5.60. The summed E-state index contributed by atoms with van der Waals surface area (Å²) >= 11 is 3.50. The molecule has 3 N–H and O–H groups in total. The van der Waals surface area contributed by atoms with Gasteiger partial charge in [0.2, 0.25) is 5.43 Å². The quantitative estimate of drug-likeness (QED) is 0.286. The van der Waals surface area contributed by atoms with Gasteiger partial charge in [-0.05, 0) is 65.2 Å². The molecule has 3 aromatic carbocycles. The highest BCUT2D eigenvalue weighted by molar-refractivity contribution is 9.10. The molecular formula is C27H24BrN3O3. The largest absolute Gasteiger partial charge is 0.382 e. The second kappa shape index (κ2) is 10.1. The van der Waals surface area contributed by atoms with E-state index in [0.29, 0.717) is 33.2 Å².